The van der Waals surface area contributed by atoms with Crippen LogP contribution in [-0.4, -0.2) is 48.8 Å². The van der Waals surface area contributed by atoms with Gasteiger partial charge in [-0.2, -0.15) is 0 Å². The number of nitrogens with zero attached hydrogens (tertiary/aromatic N) is 2. The van der Waals surface area contributed by atoms with Crippen molar-refractivity contribution in [3.05, 3.63) is 70.8 Å². The minimum atomic E-state index is -0.319. The number of cyclic esters (lactones) is 1. The van der Waals surface area contributed by atoms with E-state index in [0.717, 1.165) is 36.0 Å². The van der Waals surface area contributed by atoms with Crippen molar-refractivity contribution in [1.29, 1.82) is 0 Å². The lowest BCUT2D eigenvalue weighted by Crippen LogP contribution is -2.36. The standard InChI is InChI=1S/C26H32N2O4/c1-20-16-21(2)25-22(17-20)18-23(12-8-5-3-4-6-11-15-31-26(25)30)27-32-19-24(29)28-13-9-7-10-14-28/h4,6-9,12,16-17H,3,5,10-11,13-15,18-19H2,1-2H3/b6-4+,12-8+,27-23-. The zero-order chi connectivity index (χ0) is 22.8. The maximum atomic E-state index is 12.8. The molecule has 0 radical (unpaired) electrons. The van der Waals surface area contributed by atoms with Gasteiger partial charge in [0.1, 0.15) is 0 Å². The van der Waals surface area contributed by atoms with E-state index in [9.17, 15) is 9.59 Å². The average Bonchev–Trinajstić information content (AvgIpc) is 2.77. The molecule has 2 aliphatic heterocycles. The Morgan fingerprint density at radius 1 is 1.06 bits per heavy atom. The first kappa shape index (κ1) is 23.5. The lowest BCUT2D eigenvalue weighted by Gasteiger charge is -2.22. The molecular weight excluding hydrogens is 404 g/mol. The van der Waals surface area contributed by atoms with Gasteiger partial charge in [-0.05, 0) is 56.7 Å². The Morgan fingerprint density at radius 3 is 2.66 bits per heavy atom. The minimum absolute atomic E-state index is 0.0793. The number of amides is 1. The van der Waals surface area contributed by atoms with E-state index >= 15 is 0 Å². The average molecular weight is 437 g/mol. The third kappa shape index (κ3) is 6.94. The zero-order valence-electron chi connectivity index (χ0n) is 19.0. The van der Waals surface area contributed by atoms with Crippen LogP contribution in [-0.2, 0) is 20.8 Å². The zero-order valence-corrected chi connectivity index (χ0v) is 19.0. The highest BCUT2D eigenvalue weighted by Crippen LogP contribution is 2.20. The van der Waals surface area contributed by atoms with Gasteiger partial charge in [0.2, 0.25) is 0 Å². The second-order valence-electron chi connectivity index (χ2n) is 8.12. The summed E-state index contributed by atoms with van der Waals surface area (Å²) >= 11 is 0. The Bertz CT molecular complexity index is 943. The third-order valence-corrected chi connectivity index (χ3v) is 5.41. The minimum Gasteiger partial charge on any atom is -0.462 e. The van der Waals surface area contributed by atoms with Crippen molar-refractivity contribution >= 4 is 17.6 Å². The lowest BCUT2D eigenvalue weighted by atomic mass is 9.95. The summed E-state index contributed by atoms with van der Waals surface area (Å²) < 4.78 is 5.51. The molecule has 0 bridgehead atoms. The highest BCUT2D eigenvalue weighted by atomic mass is 16.6. The van der Waals surface area contributed by atoms with E-state index in [4.69, 9.17) is 9.57 Å². The van der Waals surface area contributed by atoms with Crippen molar-refractivity contribution < 1.29 is 19.2 Å². The monoisotopic (exact) mass is 436 g/mol. The number of hydrogen-bond acceptors (Lipinski definition) is 5. The molecule has 0 N–H and O–H groups in total. The Morgan fingerprint density at radius 2 is 1.84 bits per heavy atom. The normalized spacial score (nSPS) is 20.8. The number of esters is 1. The number of fused-ring (bicyclic) bond motifs is 1. The van der Waals surface area contributed by atoms with E-state index in [-0.39, 0.29) is 18.5 Å². The van der Waals surface area contributed by atoms with Gasteiger partial charge in [-0.1, -0.05) is 53.2 Å². The van der Waals surface area contributed by atoms with Gasteiger partial charge in [-0.15, -0.1) is 0 Å². The molecule has 6 heteroatoms. The predicted molar refractivity (Wildman–Crippen MR) is 126 cm³/mol. The number of allylic oxidation sites excluding steroid dienone is 3. The van der Waals surface area contributed by atoms with Gasteiger partial charge in [0.15, 0.2) is 6.61 Å². The molecule has 6 nitrogen and oxygen atoms in total. The molecule has 3 rings (SSSR count). The molecule has 1 aromatic carbocycles. The molecule has 0 aromatic heterocycles. The number of hydrogen-bond donors (Lipinski definition) is 0. The summed E-state index contributed by atoms with van der Waals surface area (Å²) in [7, 11) is 0. The summed E-state index contributed by atoms with van der Waals surface area (Å²) in [6.07, 6.45) is 15.9. The lowest BCUT2D eigenvalue weighted by molar-refractivity contribution is -0.135. The van der Waals surface area contributed by atoms with Crippen LogP contribution in [0.15, 0.2) is 53.7 Å². The fourth-order valence-corrected chi connectivity index (χ4v) is 3.87. The molecule has 170 valence electrons. The maximum absolute atomic E-state index is 12.8. The van der Waals surface area contributed by atoms with Crippen LogP contribution in [0.5, 0.6) is 0 Å². The largest absolute Gasteiger partial charge is 0.462 e. The molecule has 1 amide bonds. The van der Waals surface area contributed by atoms with Crippen molar-refractivity contribution in [2.24, 2.45) is 5.16 Å². The fourth-order valence-electron chi connectivity index (χ4n) is 3.87. The quantitative estimate of drug-likeness (QED) is 0.399. The van der Waals surface area contributed by atoms with Gasteiger partial charge in [0, 0.05) is 19.5 Å². The number of carbonyl (C=O) groups excluding carboxylic acids is 2. The van der Waals surface area contributed by atoms with Gasteiger partial charge >= 0.3 is 5.97 Å². The summed E-state index contributed by atoms with van der Waals surface area (Å²) in [6, 6.07) is 3.97. The van der Waals surface area contributed by atoms with Crippen LogP contribution in [0.3, 0.4) is 0 Å². The molecule has 1 aromatic rings. The smallest absolute Gasteiger partial charge is 0.338 e. The summed E-state index contributed by atoms with van der Waals surface area (Å²) in [4.78, 5) is 32.4. The van der Waals surface area contributed by atoms with Crippen molar-refractivity contribution in [2.75, 3.05) is 26.3 Å². The van der Waals surface area contributed by atoms with Gasteiger partial charge < -0.3 is 14.5 Å². The van der Waals surface area contributed by atoms with Gasteiger partial charge in [0.05, 0.1) is 17.9 Å². The maximum Gasteiger partial charge on any atom is 0.338 e. The van der Waals surface area contributed by atoms with Crippen LogP contribution in [0, 0.1) is 13.8 Å². The molecule has 2 aliphatic rings. The summed E-state index contributed by atoms with van der Waals surface area (Å²) in [6.45, 7) is 5.50. The van der Waals surface area contributed by atoms with E-state index in [1.165, 1.54) is 0 Å². The van der Waals surface area contributed by atoms with Gasteiger partial charge in [-0.3, -0.25) is 4.79 Å². The van der Waals surface area contributed by atoms with Crippen LogP contribution in [0.4, 0.5) is 0 Å². The second kappa shape index (κ2) is 12.0. The Balaban J connectivity index is 1.81. The van der Waals surface area contributed by atoms with Crippen LogP contribution < -0.4 is 0 Å². The Hall–Kier alpha value is -3.15. The van der Waals surface area contributed by atoms with Crippen LogP contribution in [0.25, 0.3) is 0 Å². The first-order valence-corrected chi connectivity index (χ1v) is 11.2. The van der Waals surface area contributed by atoms with E-state index in [0.29, 0.717) is 43.8 Å². The van der Waals surface area contributed by atoms with Gasteiger partial charge in [-0.25, -0.2) is 4.79 Å². The molecule has 2 heterocycles. The summed E-state index contributed by atoms with van der Waals surface area (Å²) in [5.41, 5.74) is 4.03. The highest BCUT2D eigenvalue weighted by molar-refractivity contribution is 6.00. The third-order valence-electron chi connectivity index (χ3n) is 5.41. The molecule has 0 fully saturated rings. The molecule has 0 spiro atoms. The molecule has 0 atom stereocenters. The van der Waals surface area contributed by atoms with Crippen molar-refractivity contribution in [2.45, 2.75) is 46.0 Å². The Kier molecular flexibility index (Phi) is 8.84. The first-order valence-electron chi connectivity index (χ1n) is 11.2. The number of benzene rings is 1. The molecular formula is C26H32N2O4. The highest BCUT2D eigenvalue weighted by Gasteiger charge is 2.18. The van der Waals surface area contributed by atoms with E-state index in [1.807, 2.05) is 44.2 Å². The van der Waals surface area contributed by atoms with Crippen molar-refractivity contribution in [1.82, 2.24) is 4.90 Å². The molecule has 0 unspecified atom stereocenters. The molecule has 32 heavy (non-hydrogen) atoms. The summed E-state index contributed by atoms with van der Waals surface area (Å²) in [5.74, 6) is -0.398. The Labute approximate surface area is 190 Å². The van der Waals surface area contributed by atoms with Crippen LogP contribution in [0.1, 0.15) is 52.7 Å². The van der Waals surface area contributed by atoms with E-state index < -0.39 is 0 Å². The van der Waals surface area contributed by atoms with E-state index in [1.54, 1.807) is 4.90 Å². The molecule has 0 saturated carbocycles. The molecule has 0 saturated heterocycles. The number of oxime groups is 1. The SMILES string of the molecule is Cc1cc(C)c2c(c1)CC(=N\OCC(=O)N1CC=CCC1)/C=C/CC/C=C/CCOC2=O. The number of aryl methyl sites for hydroxylation is 2. The summed E-state index contributed by atoms with van der Waals surface area (Å²) in [5, 5.41) is 4.27. The fraction of sp³-hybridized carbons (Fsp3) is 0.423. The predicted octanol–water partition coefficient (Wildman–Crippen LogP) is 4.46. The first-order chi connectivity index (χ1) is 15.5. The molecule has 0 aliphatic carbocycles. The van der Waals surface area contributed by atoms with Gasteiger partial charge in [0.25, 0.3) is 5.91 Å². The van der Waals surface area contributed by atoms with Crippen LogP contribution in [0.2, 0.25) is 0 Å². The van der Waals surface area contributed by atoms with Crippen molar-refractivity contribution in [3.63, 3.8) is 0 Å². The number of rotatable bonds is 3. The number of ether oxygens (including phenoxy) is 1. The van der Waals surface area contributed by atoms with Crippen molar-refractivity contribution in [3.8, 4) is 0 Å². The topological polar surface area (TPSA) is 68.2 Å². The number of carbonyl (C=O) groups is 2. The second-order valence-corrected chi connectivity index (χ2v) is 8.12. The van der Waals surface area contributed by atoms with Crippen LogP contribution >= 0.6 is 0 Å². The van der Waals surface area contributed by atoms with E-state index in [2.05, 4.69) is 23.4 Å².